The molecule has 2 aromatic rings. The second kappa shape index (κ2) is 10.2. The lowest BCUT2D eigenvalue weighted by molar-refractivity contribution is -0.0285. The van der Waals surface area contributed by atoms with Crippen LogP contribution in [0.3, 0.4) is 0 Å². The maximum absolute atomic E-state index is 13.1. The lowest BCUT2D eigenvalue weighted by Crippen LogP contribution is -2.54. The molecule has 164 valence electrons. The minimum Gasteiger partial charge on any atom is -0.373 e. The molecule has 0 aromatic heterocycles. The smallest absolute Gasteiger partial charge is 0.253 e. The molecule has 0 bridgehead atoms. The van der Waals surface area contributed by atoms with Gasteiger partial charge >= 0.3 is 0 Å². The van der Waals surface area contributed by atoms with Gasteiger partial charge in [0, 0.05) is 57.1 Å². The van der Waals surface area contributed by atoms with Crippen LogP contribution in [0.5, 0.6) is 0 Å². The number of ether oxygens (including phenoxy) is 1. The first-order chi connectivity index (χ1) is 15.1. The van der Waals surface area contributed by atoms with Gasteiger partial charge in [-0.3, -0.25) is 9.69 Å². The fourth-order valence-electron chi connectivity index (χ4n) is 3.93. The van der Waals surface area contributed by atoms with Crippen molar-refractivity contribution in [2.45, 2.75) is 6.10 Å². The molecule has 2 heterocycles. The molecule has 8 heteroatoms. The second-order valence-electron chi connectivity index (χ2n) is 7.83. The van der Waals surface area contributed by atoms with Gasteiger partial charge < -0.3 is 19.9 Å². The monoisotopic (exact) mass is 442 g/mol. The normalized spacial score (nSPS) is 19.8. The van der Waals surface area contributed by atoms with Gasteiger partial charge in [0.1, 0.15) is 5.82 Å². The quantitative estimate of drug-likeness (QED) is 0.735. The average Bonchev–Trinajstić information content (AvgIpc) is 2.81. The molecule has 2 aromatic carbocycles. The van der Waals surface area contributed by atoms with Gasteiger partial charge in [-0.2, -0.15) is 0 Å². The summed E-state index contributed by atoms with van der Waals surface area (Å²) in [6.45, 7) is 5.95. The largest absolute Gasteiger partial charge is 0.373 e. The van der Waals surface area contributed by atoms with E-state index in [1.54, 1.807) is 12.1 Å². The maximum atomic E-state index is 13.1. The Morgan fingerprint density at radius 3 is 2.42 bits per heavy atom. The zero-order valence-electron chi connectivity index (χ0n) is 17.4. The molecule has 0 radical (unpaired) electrons. The van der Waals surface area contributed by atoms with Crippen molar-refractivity contribution in [2.75, 3.05) is 57.7 Å². The van der Waals surface area contributed by atoms with Crippen LogP contribution >= 0.6 is 12.2 Å². The summed E-state index contributed by atoms with van der Waals surface area (Å²) in [6, 6.07) is 15.6. The molecule has 4 rings (SSSR count). The van der Waals surface area contributed by atoms with E-state index < -0.39 is 0 Å². The Labute approximate surface area is 187 Å². The summed E-state index contributed by atoms with van der Waals surface area (Å²) in [7, 11) is 0. The number of halogens is 1. The minimum absolute atomic E-state index is 0.0538. The number of anilines is 1. The number of benzene rings is 2. The number of morpholine rings is 1. The molecular weight excluding hydrogens is 415 g/mol. The molecule has 0 saturated carbocycles. The van der Waals surface area contributed by atoms with E-state index in [9.17, 15) is 9.18 Å². The van der Waals surface area contributed by atoms with E-state index in [-0.39, 0.29) is 17.8 Å². The number of nitrogens with one attached hydrogen (secondary N) is 1. The molecule has 1 N–H and O–H groups in total. The van der Waals surface area contributed by atoms with Crippen molar-refractivity contribution in [1.82, 2.24) is 14.7 Å². The topological polar surface area (TPSA) is 48.1 Å². The van der Waals surface area contributed by atoms with Gasteiger partial charge in [-0.1, -0.05) is 18.2 Å². The summed E-state index contributed by atoms with van der Waals surface area (Å²) in [6.07, 6.45) is 0.0538. The first-order valence-electron chi connectivity index (χ1n) is 10.6. The lowest BCUT2D eigenvalue weighted by atomic mass is 10.1. The lowest BCUT2D eigenvalue weighted by Gasteiger charge is -2.40. The molecular formula is C23H27FN4O2S. The number of amides is 1. The average molecular weight is 443 g/mol. The van der Waals surface area contributed by atoms with Crippen LogP contribution in [-0.2, 0) is 4.74 Å². The number of piperazine rings is 1. The summed E-state index contributed by atoms with van der Waals surface area (Å²) in [5.74, 6) is -0.175. The van der Waals surface area contributed by atoms with E-state index >= 15 is 0 Å². The zero-order valence-corrected chi connectivity index (χ0v) is 18.2. The van der Waals surface area contributed by atoms with E-state index in [0.717, 1.165) is 37.4 Å². The molecule has 2 fully saturated rings. The summed E-state index contributed by atoms with van der Waals surface area (Å²) < 4.78 is 19.1. The van der Waals surface area contributed by atoms with Crippen LogP contribution in [0, 0.1) is 5.82 Å². The van der Waals surface area contributed by atoms with Crippen molar-refractivity contribution in [3.8, 4) is 0 Å². The van der Waals surface area contributed by atoms with Crippen molar-refractivity contribution in [3.63, 3.8) is 0 Å². The van der Waals surface area contributed by atoms with Crippen LogP contribution in [0.4, 0.5) is 10.1 Å². The molecule has 1 amide bonds. The highest BCUT2D eigenvalue weighted by Gasteiger charge is 2.27. The predicted molar refractivity (Wildman–Crippen MR) is 123 cm³/mol. The Hall–Kier alpha value is -2.55. The molecule has 0 spiro atoms. The van der Waals surface area contributed by atoms with Crippen LogP contribution in [0.2, 0.25) is 0 Å². The highest BCUT2D eigenvalue weighted by molar-refractivity contribution is 7.80. The number of thiocarbonyl (C=S) groups is 1. The summed E-state index contributed by atoms with van der Waals surface area (Å²) in [5, 5.41) is 3.80. The number of rotatable bonds is 4. The van der Waals surface area contributed by atoms with E-state index in [4.69, 9.17) is 17.0 Å². The molecule has 2 aliphatic heterocycles. The zero-order chi connectivity index (χ0) is 21.6. The fraction of sp³-hybridized carbons (Fsp3) is 0.391. The van der Waals surface area contributed by atoms with E-state index in [0.29, 0.717) is 31.4 Å². The van der Waals surface area contributed by atoms with Crippen molar-refractivity contribution in [3.05, 3.63) is 66.0 Å². The number of hydrogen-bond acceptors (Lipinski definition) is 4. The van der Waals surface area contributed by atoms with Crippen molar-refractivity contribution < 1.29 is 13.9 Å². The Morgan fingerprint density at radius 1 is 1.00 bits per heavy atom. The van der Waals surface area contributed by atoms with Crippen LogP contribution in [0.15, 0.2) is 54.6 Å². The summed E-state index contributed by atoms with van der Waals surface area (Å²) >= 11 is 5.54. The van der Waals surface area contributed by atoms with Crippen molar-refractivity contribution >= 4 is 28.9 Å². The molecule has 2 saturated heterocycles. The van der Waals surface area contributed by atoms with Gasteiger partial charge in [0.05, 0.1) is 12.7 Å². The van der Waals surface area contributed by atoms with Gasteiger partial charge in [0.25, 0.3) is 5.91 Å². The molecule has 31 heavy (non-hydrogen) atoms. The van der Waals surface area contributed by atoms with Crippen LogP contribution in [0.25, 0.3) is 0 Å². The van der Waals surface area contributed by atoms with Crippen LogP contribution in [-0.4, -0.2) is 84.2 Å². The van der Waals surface area contributed by atoms with Gasteiger partial charge in [-0.05, 0) is 48.6 Å². The van der Waals surface area contributed by atoms with E-state index in [1.807, 2.05) is 35.2 Å². The Kier molecular flexibility index (Phi) is 7.11. The number of nitrogens with zero attached hydrogens (tertiary/aromatic N) is 3. The standard InChI is InChI=1S/C23H27FN4O2S/c24-19-6-8-20(9-7-19)25-23(31)28-14-15-30-21(17-28)16-26-10-12-27(13-11-26)22(29)18-4-2-1-3-5-18/h1-9,21H,10-17H2,(H,25,31)/t21-/m0/s1. The Bertz CT molecular complexity index is 888. The molecule has 6 nitrogen and oxygen atoms in total. The minimum atomic E-state index is -0.270. The van der Waals surface area contributed by atoms with E-state index in [1.165, 1.54) is 12.1 Å². The second-order valence-corrected chi connectivity index (χ2v) is 8.22. The first kappa shape index (κ1) is 21.7. The molecule has 0 aliphatic carbocycles. The first-order valence-corrected chi connectivity index (χ1v) is 11.0. The van der Waals surface area contributed by atoms with Crippen LogP contribution < -0.4 is 5.32 Å². The molecule has 2 aliphatic rings. The van der Waals surface area contributed by atoms with Crippen molar-refractivity contribution in [1.29, 1.82) is 0 Å². The third kappa shape index (κ3) is 5.78. The third-order valence-electron chi connectivity index (χ3n) is 5.66. The number of carbonyl (C=O) groups is 1. The summed E-state index contributed by atoms with van der Waals surface area (Å²) in [4.78, 5) is 19.0. The highest BCUT2D eigenvalue weighted by Crippen LogP contribution is 2.14. The Morgan fingerprint density at radius 2 is 1.71 bits per heavy atom. The predicted octanol–water partition coefficient (Wildman–Crippen LogP) is 2.68. The maximum Gasteiger partial charge on any atom is 0.253 e. The van der Waals surface area contributed by atoms with Crippen molar-refractivity contribution in [2.24, 2.45) is 0 Å². The number of hydrogen-bond donors (Lipinski definition) is 1. The Balaban J connectivity index is 1.24. The third-order valence-corrected chi connectivity index (χ3v) is 6.02. The number of carbonyl (C=O) groups excluding carboxylic acids is 1. The molecule has 0 unspecified atom stereocenters. The molecule has 1 atom stereocenters. The van der Waals surface area contributed by atoms with Gasteiger partial charge in [0.15, 0.2) is 5.11 Å². The highest BCUT2D eigenvalue weighted by atomic mass is 32.1. The summed E-state index contributed by atoms with van der Waals surface area (Å²) in [5.41, 5.74) is 1.51. The SMILES string of the molecule is O=C(c1ccccc1)N1CCN(C[C@H]2CN(C(=S)Nc3ccc(F)cc3)CCO2)CC1. The van der Waals surface area contributed by atoms with Gasteiger partial charge in [0.2, 0.25) is 0 Å². The van der Waals surface area contributed by atoms with Crippen LogP contribution in [0.1, 0.15) is 10.4 Å². The van der Waals surface area contributed by atoms with Gasteiger partial charge in [-0.15, -0.1) is 0 Å². The van der Waals surface area contributed by atoms with E-state index in [2.05, 4.69) is 15.1 Å². The van der Waals surface area contributed by atoms with Gasteiger partial charge in [-0.25, -0.2) is 4.39 Å². The fourth-order valence-corrected chi connectivity index (χ4v) is 4.22.